The van der Waals surface area contributed by atoms with Gasteiger partial charge in [0.15, 0.2) is 0 Å². The molecule has 0 radical (unpaired) electrons. The standard InChI is InChI=1S/C24H27NO/c1-23(2,3)25-22(19-13-7-4-8-14-19)24(26,20-15-9-5-10-16-20)21-17-11-6-12-18-21/h4-18,22,25-26H,1-3H3/t22-/m0/s1. The average Bonchev–Trinajstić information content (AvgIpc) is 2.67. The third-order valence-electron chi connectivity index (χ3n) is 4.56. The second-order valence-corrected chi connectivity index (χ2v) is 7.74. The first-order valence-corrected chi connectivity index (χ1v) is 9.07. The fourth-order valence-electron chi connectivity index (χ4n) is 3.39. The van der Waals surface area contributed by atoms with Gasteiger partial charge in [-0.05, 0) is 37.5 Å². The molecule has 0 aromatic heterocycles. The molecule has 3 aromatic rings. The van der Waals surface area contributed by atoms with E-state index in [9.17, 15) is 5.11 Å². The number of rotatable bonds is 5. The highest BCUT2D eigenvalue weighted by Gasteiger charge is 2.42. The van der Waals surface area contributed by atoms with Gasteiger partial charge in [0.05, 0.1) is 6.04 Å². The first-order chi connectivity index (χ1) is 12.4. The van der Waals surface area contributed by atoms with Crippen LogP contribution >= 0.6 is 0 Å². The Labute approximate surface area is 156 Å². The summed E-state index contributed by atoms with van der Waals surface area (Å²) in [5.74, 6) is 0. The summed E-state index contributed by atoms with van der Waals surface area (Å²) in [6.45, 7) is 6.37. The van der Waals surface area contributed by atoms with Crippen LogP contribution in [0, 0.1) is 0 Å². The predicted octanol–water partition coefficient (Wildman–Crippen LogP) is 5.05. The molecular formula is C24H27NO. The number of nitrogens with one attached hydrogen (secondary N) is 1. The van der Waals surface area contributed by atoms with Crippen LogP contribution in [-0.2, 0) is 5.60 Å². The Hall–Kier alpha value is -2.42. The summed E-state index contributed by atoms with van der Waals surface area (Å²) in [5, 5.41) is 15.8. The molecule has 0 aliphatic heterocycles. The molecule has 2 N–H and O–H groups in total. The minimum absolute atomic E-state index is 0.169. The molecule has 0 heterocycles. The Kier molecular flexibility index (Phi) is 5.26. The van der Waals surface area contributed by atoms with Crippen LogP contribution in [0.25, 0.3) is 0 Å². The number of benzene rings is 3. The molecule has 26 heavy (non-hydrogen) atoms. The highest BCUT2D eigenvalue weighted by Crippen LogP contribution is 2.41. The van der Waals surface area contributed by atoms with Crippen molar-refractivity contribution in [2.24, 2.45) is 0 Å². The first kappa shape index (κ1) is 18.4. The largest absolute Gasteiger partial charge is 0.378 e. The zero-order valence-electron chi connectivity index (χ0n) is 15.7. The topological polar surface area (TPSA) is 32.3 Å². The lowest BCUT2D eigenvalue weighted by atomic mass is 9.76. The van der Waals surface area contributed by atoms with E-state index in [2.05, 4.69) is 38.2 Å². The van der Waals surface area contributed by atoms with Gasteiger partial charge in [-0.25, -0.2) is 0 Å². The molecule has 3 aromatic carbocycles. The Morgan fingerprint density at radius 2 is 1.04 bits per heavy atom. The second-order valence-electron chi connectivity index (χ2n) is 7.74. The summed E-state index contributed by atoms with van der Waals surface area (Å²) < 4.78 is 0. The van der Waals surface area contributed by atoms with Gasteiger partial charge in [-0.1, -0.05) is 91.0 Å². The fourth-order valence-corrected chi connectivity index (χ4v) is 3.39. The Morgan fingerprint density at radius 1 is 0.654 bits per heavy atom. The normalized spacial score (nSPS) is 13.4. The summed E-state index contributed by atoms with van der Waals surface area (Å²) in [7, 11) is 0. The van der Waals surface area contributed by atoms with E-state index in [0.717, 1.165) is 16.7 Å². The number of aliphatic hydroxyl groups is 1. The first-order valence-electron chi connectivity index (χ1n) is 9.07. The van der Waals surface area contributed by atoms with Crippen molar-refractivity contribution < 1.29 is 5.11 Å². The number of hydrogen-bond donors (Lipinski definition) is 2. The fraction of sp³-hybridized carbons (Fsp3) is 0.250. The zero-order chi connectivity index (χ0) is 18.6. The maximum Gasteiger partial charge on any atom is 0.134 e. The van der Waals surface area contributed by atoms with E-state index in [1.165, 1.54) is 0 Å². The van der Waals surface area contributed by atoms with Crippen molar-refractivity contribution in [1.82, 2.24) is 5.32 Å². The van der Waals surface area contributed by atoms with Crippen LogP contribution in [0.15, 0.2) is 91.0 Å². The lowest BCUT2D eigenvalue weighted by Crippen LogP contribution is -2.49. The maximum atomic E-state index is 12.2. The van der Waals surface area contributed by atoms with E-state index >= 15 is 0 Å². The van der Waals surface area contributed by atoms with Crippen LogP contribution < -0.4 is 5.32 Å². The van der Waals surface area contributed by atoms with Crippen LogP contribution in [0.2, 0.25) is 0 Å². The van der Waals surface area contributed by atoms with Gasteiger partial charge in [0.2, 0.25) is 0 Å². The van der Waals surface area contributed by atoms with Gasteiger partial charge in [0.25, 0.3) is 0 Å². The van der Waals surface area contributed by atoms with Gasteiger partial charge in [-0.15, -0.1) is 0 Å². The molecule has 0 fully saturated rings. The van der Waals surface area contributed by atoms with Gasteiger partial charge < -0.3 is 10.4 Å². The average molecular weight is 345 g/mol. The van der Waals surface area contributed by atoms with Crippen molar-refractivity contribution in [1.29, 1.82) is 0 Å². The Morgan fingerprint density at radius 3 is 1.42 bits per heavy atom. The Balaban J connectivity index is 2.23. The summed E-state index contributed by atoms with van der Waals surface area (Å²) in [5.41, 5.74) is 1.43. The van der Waals surface area contributed by atoms with Gasteiger partial charge in [-0.3, -0.25) is 0 Å². The minimum atomic E-state index is -1.20. The summed E-state index contributed by atoms with van der Waals surface area (Å²) in [4.78, 5) is 0. The van der Waals surface area contributed by atoms with Crippen molar-refractivity contribution in [2.75, 3.05) is 0 Å². The molecule has 0 spiro atoms. The van der Waals surface area contributed by atoms with Crippen molar-refractivity contribution in [3.8, 4) is 0 Å². The summed E-state index contributed by atoms with van der Waals surface area (Å²) >= 11 is 0. The molecule has 0 aliphatic rings. The van der Waals surface area contributed by atoms with E-state index in [4.69, 9.17) is 0 Å². The minimum Gasteiger partial charge on any atom is -0.378 e. The molecule has 0 saturated carbocycles. The van der Waals surface area contributed by atoms with E-state index in [1.807, 2.05) is 78.9 Å². The van der Waals surface area contributed by atoms with Gasteiger partial charge in [0, 0.05) is 5.54 Å². The molecule has 0 aliphatic carbocycles. The van der Waals surface area contributed by atoms with E-state index in [0.29, 0.717) is 0 Å². The van der Waals surface area contributed by atoms with Crippen LogP contribution in [-0.4, -0.2) is 10.6 Å². The number of hydrogen-bond acceptors (Lipinski definition) is 2. The summed E-state index contributed by atoms with van der Waals surface area (Å²) in [6, 6.07) is 29.7. The third-order valence-corrected chi connectivity index (χ3v) is 4.56. The Bertz CT molecular complexity index is 768. The third kappa shape index (κ3) is 3.87. The molecule has 0 bridgehead atoms. The second kappa shape index (κ2) is 7.45. The molecule has 0 unspecified atom stereocenters. The smallest absolute Gasteiger partial charge is 0.134 e. The molecule has 1 atom stereocenters. The van der Waals surface area contributed by atoms with Gasteiger partial charge >= 0.3 is 0 Å². The van der Waals surface area contributed by atoms with E-state index < -0.39 is 5.60 Å². The molecule has 0 saturated heterocycles. The molecule has 3 rings (SSSR count). The van der Waals surface area contributed by atoms with E-state index in [-0.39, 0.29) is 11.6 Å². The molecular weight excluding hydrogens is 318 g/mol. The highest BCUT2D eigenvalue weighted by atomic mass is 16.3. The molecule has 2 heteroatoms. The predicted molar refractivity (Wildman–Crippen MR) is 108 cm³/mol. The zero-order valence-corrected chi connectivity index (χ0v) is 15.7. The van der Waals surface area contributed by atoms with Crippen LogP contribution in [0.5, 0.6) is 0 Å². The molecule has 134 valence electrons. The van der Waals surface area contributed by atoms with Crippen molar-refractivity contribution >= 4 is 0 Å². The lowest BCUT2D eigenvalue weighted by Gasteiger charge is -2.41. The van der Waals surface area contributed by atoms with Crippen molar-refractivity contribution in [2.45, 2.75) is 38.0 Å². The SMILES string of the molecule is CC(C)(C)N[C@@H](c1ccccc1)C(O)(c1ccccc1)c1ccccc1. The van der Waals surface area contributed by atoms with Crippen LogP contribution in [0.1, 0.15) is 43.5 Å². The highest BCUT2D eigenvalue weighted by molar-refractivity contribution is 5.41. The van der Waals surface area contributed by atoms with Crippen molar-refractivity contribution in [3.63, 3.8) is 0 Å². The lowest BCUT2D eigenvalue weighted by molar-refractivity contribution is 0.0261. The quantitative estimate of drug-likeness (QED) is 0.678. The van der Waals surface area contributed by atoms with Gasteiger partial charge in [-0.2, -0.15) is 0 Å². The molecule has 0 amide bonds. The monoisotopic (exact) mass is 345 g/mol. The van der Waals surface area contributed by atoms with Gasteiger partial charge in [0.1, 0.15) is 5.60 Å². The molecule has 2 nitrogen and oxygen atoms in total. The van der Waals surface area contributed by atoms with E-state index in [1.54, 1.807) is 0 Å². The maximum absolute atomic E-state index is 12.2. The van der Waals surface area contributed by atoms with Crippen molar-refractivity contribution in [3.05, 3.63) is 108 Å². The van der Waals surface area contributed by atoms with Crippen LogP contribution in [0.3, 0.4) is 0 Å². The summed E-state index contributed by atoms with van der Waals surface area (Å²) in [6.07, 6.45) is 0. The van der Waals surface area contributed by atoms with Crippen LogP contribution in [0.4, 0.5) is 0 Å².